The summed E-state index contributed by atoms with van der Waals surface area (Å²) >= 11 is 3.91. The molecule has 0 radical (unpaired) electrons. The Bertz CT molecular complexity index is 3510. The zero-order valence-electron chi connectivity index (χ0n) is 36.5. The quantitative estimate of drug-likeness (QED) is 0.141. The van der Waals surface area contributed by atoms with Crippen molar-refractivity contribution < 1.29 is 0 Å². The minimum absolute atomic E-state index is 0.131. The lowest BCUT2D eigenvalue weighted by Crippen LogP contribution is -2.35. The lowest BCUT2D eigenvalue weighted by atomic mass is 9.83. The van der Waals surface area contributed by atoms with E-state index in [4.69, 9.17) is 0 Å². The minimum Gasteiger partial charge on any atom is -0.332 e. The van der Waals surface area contributed by atoms with Crippen molar-refractivity contribution in [1.29, 1.82) is 0 Å². The molecular weight excluding hydrogens is 801 g/mol. The Hall–Kier alpha value is -6.20. The molecule has 2 nitrogen and oxygen atoms in total. The van der Waals surface area contributed by atoms with Gasteiger partial charge in [-0.1, -0.05) is 156 Å². The second kappa shape index (κ2) is 15.0. The summed E-state index contributed by atoms with van der Waals surface area (Å²) in [5, 5.41) is 12.0. The Labute approximate surface area is 378 Å². The van der Waals surface area contributed by atoms with Gasteiger partial charge >= 0.3 is 0 Å². The Kier molecular flexibility index (Phi) is 9.14. The van der Waals surface area contributed by atoms with Crippen LogP contribution < -0.4 is 9.80 Å². The van der Waals surface area contributed by atoms with Gasteiger partial charge in [-0.05, 0) is 111 Å². The predicted molar refractivity (Wildman–Crippen MR) is 278 cm³/mol. The maximum Gasteiger partial charge on any atom is 0.0640 e. The summed E-state index contributed by atoms with van der Waals surface area (Å²) in [6.45, 7) is 11.9. The Morgan fingerprint density at radius 1 is 0.540 bits per heavy atom. The van der Waals surface area contributed by atoms with E-state index in [9.17, 15) is 0 Å². The van der Waals surface area contributed by atoms with Crippen molar-refractivity contribution in [3.05, 3.63) is 179 Å². The van der Waals surface area contributed by atoms with E-state index in [-0.39, 0.29) is 6.04 Å². The van der Waals surface area contributed by atoms with E-state index in [1.54, 1.807) is 0 Å². The van der Waals surface area contributed by atoms with Gasteiger partial charge in [0, 0.05) is 47.9 Å². The molecule has 2 aromatic heterocycles. The van der Waals surface area contributed by atoms with Crippen LogP contribution in [0.15, 0.2) is 158 Å². The van der Waals surface area contributed by atoms with Crippen molar-refractivity contribution in [2.45, 2.75) is 65.3 Å². The molecule has 0 saturated carbocycles. The summed E-state index contributed by atoms with van der Waals surface area (Å²) in [6.07, 6.45) is 16.2. The summed E-state index contributed by atoms with van der Waals surface area (Å²) in [4.78, 5) is 6.77. The highest BCUT2D eigenvalue weighted by atomic mass is 32.1. The van der Waals surface area contributed by atoms with Crippen LogP contribution >= 0.6 is 22.7 Å². The monoisotopic (exact) mass is 850 g/mol. The van der Waals surface area contributed by atoms with Crippen LogP contribution in [0.5, 0.6) is 0 Å². The maximum atomic E-state index is 2.70. The molecule has 2 aliphatic carbocycles. The third-order valence-electron chi connectivity index (χ3n) is 13.9. The van der Waals surface area contributed by atoms with Crippen LogP contribution in [0.1, 0.15) is 74.4 Å². The zero-order valence-corrected chi connectivity index (χ0v) is 38.2. The number of nitrogens with zero attached hydrogens (tertiary/aromatic N) is 2. The number of anilines is 5. The molecule has 0 bridgehead atoms. The normalized spacial score (nSPS) is 16.3. The van der Waals surface area contributed by atoms with Crippen LogP contribution in [0.25, 0.3) is 68.7 Å². The van der Waals surface area contributed by atoms with Crippen LogP contribution in [-0.4, -0.2) is 6.04 Å². The molecule has 0 spiro atoms. The van der Waals surface area contributed by atoms with Crippen molar-refractivity contribution in [2.75, 3.05) is 9.80 Å². The summed E-state index contributed by atoms with van der Waals surface area (Å²) in [6, 6.07) is 48.9. The van der Waals surface area contributed by atoms with Gasteiger partial charge in [0.15, 0.2) is 0 Å². The molecule has 0 amide bonds. The highest BCUT2D eigenvalue weighted by Crippen LogP contribution is 2.53. The van der Waals surface area contributed by atoms with E-state index in [1.165, 1.54) is 113 Å². The van der Waals surface area contributed by atoms with E-state index < -0.39 is 0 Å². The number of para-hydroxylation sites is 1. The number of aryl methyl sites for hydroxylation is 1. The fourth-order valence-electron chi connectivity index (χ4n) is 10.9. The molecule has 63 heavy (non-hydrogen) atoms. The molecule has 2 unspecified atom stereocenters. The van der Waals surface area contributed by atoms with Gasteiger partial charge in [0.25, 0.3) is 0 Å². The van der Waals surface area contributed by atoms with Crippen LogP contribution in [0, 0.1) is 5.92 Å². The van der Waals surface area contributed by atoms with E-state index in [2.05, 4.69) is 208 Å². The van der Waals surface area contributed by atoms with Gasteiger partial charge in [-0.3, -0.25) is 0 Å². The van der Waals surface area contributed by atoms with Gasteiger partial charge in [0.05, 0.1) is 32.5 Å². The lowest BCUT2D eigenvalue weighted by molar-refractivity contribution is 0.611. The Morgan fingerprint density at radius 2 is 1.16 bits per heavy atom. The smallest absolute Gasteiger partial charge is 0.0640 e. The fraction of sp³-hybridized carbons (Fsp3) is 0.186. The molecule has 4 heteroatoms. The minimum atomic E-state index is 0.131. The number of fused-ring (bicyclic) bond motifs is 6. The number of allylic oxidation sites excluding steroid dienone is 3. The summed E-state index contributed by atoms with van der Waals surface area (Å²) < 4.78 is 4.03. The molecule has 12 rings (SSSR count). The Morgan fingerprint density at radius 3 is 1.90 bits per heavy atom. The first kappa shape index (κ1) is 38.5. The average molecular weight is 851 g/mol. The second-order valence-corrected chi connectivity index (χ2v) is 20.5. The van der Waals surface area contributed by atoms with Crippen molar-refractivity contribution in [2.24, 2.45) is 5.92 Å². The lowest BCUT2D eigenvalue weighted by Gasteiger charge is -2.38. The average Bonchev–Trinajstić information content (AvgIpc) is 3.89. The summed E-state index contributed by atoms with van der Waals surface area (Å²) in [5.41, 5.74) is 10.4. The van der Waals surface area contributed by atoms with Gasteiger partial charge in [-0.25, -0.2) is 0 Å². The van der Waals surface area contributed by atoms with E-state index in [0.717, 1.165) is 12.8 Å². The molecule has 0 saturated heterocycles. The summed E-state index contributed by atoms with van der Waals surface area (Å²) in [5.74, 6) is 0.934. The van der Waals surface area contributed by atoms with Crippen LogP contribution in [0.4, 0.5) is 28.4 Å². The third-order valence-corrected chi connectivity index (χ3v) is 16.4. The molecule has 2 atom stereocenters. The SMILES string of the molecule is CC(C)c1cc(N(c2ccccc2)c2cccc3c4c(sc23)CCC=C4)c2ccc3c(C(C)C)cc(N(c4cccc5c4sc4ccccc45)C4C=CC=CC4C)c4ccc1c2c34. The first-order valence-corrected chi connectivity index (χ1v) is 24.4. The fourth-order valence-corrected chi connectivity index (χ4v) is 13.4. The molecule has 0 aliphatic heterocycles. The standard InChI is InChI=1S/C59H50N2S2/c1-35(2)47-33-52(60(38-18-7-6-8-19-38)50-25-15-22-43-39-20-10-13-27-54(39)62-58(43)50)45-31-29-42-48(36(3)4)34-53(46-32-30-41(47)56(45)57(42)46)61(49-24-12-9-17-37(49)5)51-26-16-23-44-40-21-11-14-28-55(40)63-59(44)51/h6-12,14-26,28-37,49H,13,27H2,1-5H3. The van der Waals surface area contributed by atoms with E-state index in [1.807, 2.05) is 22.7 Å². The number of hydrogen-bond acceptors (Lipinski definition) is 4. The van der Waals surface area contributed by atoms with Crippen LogP contribution in [-0.2, 0) is 6.42 Å². The number of hydrogen-bond donors (Lipinski definition) is 0. The predicted octanol–water partition coefficient (Wildman–Crippen LogP) is 18.1. The van der Waals surface area contributed by atoms with Gasteiger partial charge in [-0.2, -0.15) is 0 Å². The second-order valence-electron chi connectivity index (χ2n) is 18.3. The van der Waals surface area contributed by atoms with Gasteiger partial charge in [0.2, 0.25) is 0 Å². The van der Waals surface area contributed by atoms with Crippen LogP contribution in [0.2, 0.25) is 0 Å². The molecule has 0 fully saturated rings. The largest absolute Gasteiger partial charge is 0.332 e. The van der Waals surface area contributed by atoms with Gasteiger partial charge in [0.1, 0.15) is 0 Å². The maximum absolute atomic E-state index is 2.70. The number of benzene rings is 8. The number of thiophene rings is 2. The van der Waals surface area contributed by atoms with Gasteiger partial charge < -0.3 is 9.80 Å². The van der Waals surface area contributed by atoms with Crippen molar-refractivity contribution in [1.82, 2.24) is 0 Å². The molecular formula is C59H50N2S2. The highest BCUT2D eigenvalue weighted by molar-refractivity contribution is 7.26. The molecule has 308 valence electrons. The van der Waals surface area contributed by atoms with Crippen LogP contribution in [0.3, 0.4) is 0 Å². The van der Waals surface area contributed by atoms with Gasteiger partial charge in [-0.15, -0.1) is 22.7 Å². The van der Waals surface area contributed by atoms with Crippen molar-refractivity contribution in [3.63, 3.8) is 0 Å². The highest BCUT2D eigenvalue weighted by Gasteiger charge is 2.31. The third kappa shape index (κ3) is 5.95. The molecule has 0 N–H and O–H groups in total. The topological polar surface area (TPSA) is 6.48 Å². The summed E-state index contributed by atoms with van der Waals surface area (Å²) in [7, 11) is 0. The zero-order chi connectivity index (χ0) is 42.5. The first-order chi connectivity index (χ1) is 30.9. The van der Waals surface area contributed by atoms with Crippen molar-refractivity contribution in [3.8, 4) is 0 Å². The Balaban J connectivity index is 1.19. The number of rotatable bonds is 8. The molecule has 2 heterocycles. The van der Waals surface area contributed by atoms with E-state index >= 15 is 0 Å². The van der Waals surface area contributed by atoms with E-state index in [0.29, 0.717) is 17.8 Å². The molecule has 10 aromatic rings. The van der Waals surface area contributed by atoms with Crippen molar-refractivity contribution >= 4 is 120 Å². The first-order valence-electron chi connectivity index (χ1n) is 22.7. The molecule has 8 aromatic carbocycles. The molecule has 2 aliphatic rings.